The summed E-state index contributed by atoms with van der Waals surface area (Å²) in [5, 5.41) is 3.32. The van der Waals surface area contributed by atoms with Gasteiger partial charge in [0.25, 0.3) is 0 Å². The monoisotopic (exact) mass is 353 g/mol. The first-order valence-electron chi connectivity index (χ1n) is 8.29. The maximum atomic E-state index is 12.6. The number of carbonyl (C=O) groups is 1. The fourth-order valence-corrected chi connectivity index (χ4v) is 4.02. The minimum atomic E-state index is -0.363. The van der Waals surface area contributed by atoms with Crippen LogP contribution >= 0.6 is 24.8 Å². The summed E-state index contributed by atoms with van der Waals surface area (Å²) in [6.45, 7) is 4.59. The molecule has 0 spiro atoms. The first-order chi connectivity index (χ1) is 9.56. The van der Waals surface area contributed by atoms with Gasteiger partial charge >= 0.3 is 0 Å². The summed E-state index contributed by atoms with van der Waals surface area (Å²) < 4.78 is 0. The Hall–Kier alpha value is -0.0300. The van der Waals surface area contributed by atoms with E-state index in [0.29, 0.717) is 24.7 Å². The SMILES string of the molecule is CCC(CC)(CN)C(=O)NC1CC2CCCC(C1)N2C.Cl.Cl. The zero-order chi connectivity index (χ0) is 14.8. The summed E-state index contributed by atoms with van der Waals surface area (Å²) in [5.41, 5.74) is 5.52. The van der Waals surface area contributed by atoms with Crippen LogP contribution in [0.25, 0.3) is 0 Å². The molecule has 22 heavy (non-hydrogen) atoms. The predicted octanol–water partition coefficient (Wildman–Crippen LogP) is 2.73. The van der Waals surface area contributed by atoms with Crippen LogP contribution < -0.4 is 11.1 Å². The number of piperidine rings is 2. The third-order valence-corrected chi connectivity index (χ3v) is 5.90. The summed E-state index contributed by atoms with van der Waals surface area (Å²) in [6, 6.07) is 1.66. The smallest absolute Gasteiger partial charge is 0.227 e. The zero-order valence-electron chi connectivity index (χ0n) is 14.1. The molecule has 0 aromatic heterocycles. The average molecular weight is 354 g/mol. The molecule has 0 aromatic carbocycles. The van der Waals surface area contributed by atoms with Crippen LogP contribution in [0.15, 0.2) is 0 Å². The van der Waals surface area contributed by atoms with E-state index in [2.05, 4.69) is 31.1 Å². The highest BCUT2D eigenvalue weighted by Crippen LogP contribution is 2.33. The summed E-state index contributed by atoms with van der Waals surface area (Å²) >= 11 is 0. The van der Waals surface area contributed by atoms with Crippen molar-refractivity contribution in [2.24, 2.45) is 11.1 Å². The van der Waals surface area contributed by atoms with E-state index < -0.39 is 0 Å². The molecule has 2 aliphatic heterocycles. The molecule has 2 bridgehead atoms. The second kappa shape index (κ2) is 9.31. The van der Waals surface area contributed by atoms with Crippen LogP contribution in [-0.4, -0.2) is 42.5 Å². The van der Waals surface area contributed by atoms with Crippen molar-refractivity contribution in [2.75, 3.05) is 13.6 Å². The number of halogens is 2. The van der Waals surface area contributed by atoms with E-state index in [1.165, 1.54) is 19.3 Å². The van der Waals surface area contributed by atoms with Gasteiger partial charge in [0.15, 0.2) is 0 Å². The lowest BCUT2D eigenvalue weighted by Crippen LogP contribution is -2.57. The number of carbonyl (C=O) groups excluding carboxylic acids is 1. The first kappa shape index (κ1) is 22.0. The summed E-state index contributed by atoms with van der Waals surface area (Å²) in [7, 11) is 2.24. The minimum absolute atomic E-state index is 0. The number of rotatable bonds is 5. The number of hydrogen-bond acceptors (Lipinski definition) is 3. The van der Waals surface area contributed by atoms with Gasteiger partial charge in [-0.25, -0.2) is 0 Å². The van der Waals surface area contributed by atoms with E-state index in [1.54, 1.807) is 0 Å². The lowest BCUT2D eigenvalue weighted by atomic mass is 9.79. The van der Waals surface area contributed by atoms with Gasteiger partial charge in [-0.3, -0.25) is 4.79 Å². The molecule has 2 saturated heterocycles. The third kappa shape index (κ3) is 4.28. The molecule has 0 aliphatic carbocycles. The normalized spacial score (nSPS) is 28.3. The fourth-order valence-electron chi connectivity index (χ4n) is 4.02. The summed E-state index contributed by atoms with van der Waals surface area (Å²) in [5.74, 6) is 0.178. The van der Waals surface area contributed by atoms with E-state index in [4.69, 9.17) is 5.73 Å². The van der Waals surface area contributed by atoms with Crippen LogP contribution in [0.3, 0.4) is 0 Å². The van der Waals surface area contributed by atoms with Gasteiger partial charge in [-0.15, -0.1) is 24.8 Å². The highest BCUT2D eigenvalue weighted by molar-refractivity contribution is 5.85. The van der Waals surface area contributed by atoms with Crippen LogP contribution in [0.5, 0.6) is 0 Å². The lowest BCUT2D eigenvalue weighted by Gasteiger charge is -2.47. The van der Waals surface area contributed by atoms with E-state index >= 15 is 0 Å². The van der Waals surface area contributed by atoms with Crippen LogP contribution in [-0.2, 0) is 4.79 Å². The van der Waals surface area contributed by atoms with Crippen molar-refractivity contribution in [1.82, 2.24) is 10.2 Å². The molecule has 2 atom stereocenters. The molecule has 4 nitrogen and oxygen atoms in total. The Morgan fingerprint density at radius 1 is 1.18 bits per heavy atom. The molecule has 0 radical (unpaired) electrons. The van der Waals surface area contributed by atoms with Crippen molar-refractivity contribution in [1.29, 1.82) is 0 Å². The van der Waals surface area contributed by atoms with Crippen LogP contribution in [0, 0.1) is 5.41 Å². The van der Waals surface area contributed by atoms with Crippen LogP contribution in [0.2, 0.25) is 0 Å². The molecule has 2 aliphatic rings. The second-order valence-electron chi connectivity index (χ2n) is 6.74. The maximum Gasteiger partial charge on any atom is 0.227 e. The first-order valence-corrected chi connectivity index (χ1v) is 8.29. The Balaban J connectivity index is 0.00000220. The molecule has 2 unspecified atom stereocenters. The highest BCUT2D eigenvalue weighted by Gasteiger charge is 2.39. The van der Waals surface area contributed by atoms with Crippen molar-refractivity contribution in [2.45, 2.75) is 76.9 Å². The molecular weight excluding hydrogens is 321 g/mol. The fraction of sp³-hybridized carbons (Fsp3) is 0.938. The molecule has 2 rings (SSSR count). The maximum absolute atomic E-state index is 12.6. The number of amides is 1. The van der Waals surface area contributed by atoms with Crippen molar-refractivity contribution in [3.05, 3.63) is 0 Å². The van der Waals surface area contributed by atoms with E-state index in [1.807, 2.05) is 0 Å². The predicted molar refractivity (Wildman–Crippen MR) is 96.9 cm³/mol. The second-order valence-corrected chi connectivity index (χ2v) is 6.74. The molecule has 0 aromatic rings. The van der Waals surface area contributed by atoms with Crippen LogP contribution in [0.1, 0.15) is 58.8 Å². The van der Waals surface area contributed by atoms with Gasteiger partial charge in [0.05, 0.1) is 5.41 Å². The molecule has 3 N–H and O–H groups in total. The molecule has 1 amide bonds. The molecule has 0 saturated carbocycles. The number of hydrogen-bond donors (Lipinski definition) is 2. The Morgan fingerprint density at radius 2 is 1.68 bits per heavy atom. The topological polar surface area (TPSA) is 58.4 Å². The summed E-state index contributed by atoms with van der Waals surface area (Å²) in [4.78, 5) is 15.2. The van der Waals surface area contributed by atoms with Gasteiger partial charge in [0, 0.05) is 24.7 Å². The van der Waals surface area contributed by atoms with Gasteiger partial charge in [-0.05, 0) is 45.6 Å². The molecular formula is C16H33Cl2N3O. The van der Waals surface area contributed by atoms with Crippen molar-refractivity contribution in [3.8, 4) is 0 Å². The molecule has 2 heterocycles. The Morgan fingerprint density at radius 3 is 2.09 bits per heavy atom. The highest BCUT2D eigenvalue weighted by atomic mass is 35.5. The quantitative estimate of drug-likeness (QED) is 0.798. The van der Waals surface area contributed by atoms with Gasteiger partial charge in [-0.1, -0.05) is 20.3 Å². The standard InChI is InChI=1S/C16H31N3O.2ClH/c1-4-16(5-2,11-17)15(20)18-12-9-13-7-6-8-14(10-12)19(13)3;;/h12-14H,4-11,17H2,1-3H3,(H,18,20);2*1H. The van der Waals surface area contributed by atoms with Crippen molar-refractivity contribution >= 4 is 30.7 Å². The number of nitrogens with two attached hydrogens (primary N) is 1. The Kier molecular flexibility index (Phi) is 9.30. The average Bonchev–Trinajstić information content (AvgIpc) is 2.42. The van der Waals surface area contributed by atoms with Gasteiger partial charge in [-0.2, -0.15) is 0 Å². The van der Waals surface area contributed by atoms with E-state index in [9.17, 15) is 4.79 Å². The van der Waals surface area contributed by atoms with Crippen molar-refractivity contribution in [3.63, 3.8) is 0 Å². The third-order valence-electron chi connectivity index (χ3n) is 5.90. The number of nitrogens with zero attached hydrogens (tertiary/aromatic N) is 1. The molecule has 2 fully saturated rings. The Labute approximate surface area is 147 Å². The number of fused-ring (bicyclic) bond motifs is 2. The number of nitrogens with one attached hydrogen (secondary N) is 1. The van der Waals surface area contributed by atoms with Gasteiger partial charge in [0.1, 0.15) is 0 Å². The Bertz CT molecular complexity index is 328. The van der Waals surface area contributed by atoms with E-state index in [0.717, 1.165) is 25.7 Å². The van der Waals surface area contributed by atoms with Gasteiger partial charge in [0.2, 0.25) is 5.91 Å². The molecule has 6 heteroatoms. The lowest BCUT2D eigenvalue weighted by molar-refractivity contribution is -0.132. The largest absolute Gasteiger partial charge is 0.353 e. The van der Waals surface area contributed by atoms with Gasteiger partial charge < -0.3 is 16.0 Å². The minimum Gasteiger partial charge on any atom is -0.353 e. The zero-order valence-corrected chi connectivity index (χ0v) is 15.8. The van der Waals surface area contributed by atoms with Crippen LogP contribution in [0.4, 0.5) is 0 Å². The molecule has 132 valence electrons. The van der Waals surface area contributed by atoms with E-state index in [-0.39, 0.29) is 36.1 Å². The summed E-state index contributed by atoms with van der Waals surface area (Å²) in [6.07, 6.45) is 7.76. The van der Waals surface area contributed by atoms with Crippen molar-refractivity contribution < 1.29 is 4.79 Å².